The third kappa shape index (κ3) is 14.2. The number of nitrogens with two attached hydrogens (primary N) is 2. The largest absolute Gasteiger partial charge is 0.478 e. The summed E-state index contributed by atoms with van der Waals surface area (Å²) in [6.45, 7) is 3.17. The maximum absolute atomic E-state index is 14.6. The second kappa shape index (κ2) is 23.6. The Labute approximate surface area is 372 Å². The number of anilines is 2. The molecule has 2 aliphatic heterocycles. The fraction of sp³-hybridized carbons (Fsp3) is 0.227. The van der Waals surface area contributed by atoms with Gasteiger partial charge in [0.05, 0.1) is 22.5 Å². The van der Waals surface area contributed by atoms with Crippen LogP contribution in [0, 0.1) is 23.3 Å². The number of carbonyl (C=O) groups excluding carboxylic acids is 1. The summed E-state index contributed by atoms with van der Waals surface area (Å²) in [7, 11) is 0. The standard InChI is InChI=1S/C22H20F2N4O2.C13H8F2O3.C9H14N4.2ClH/c23-15-1-3-16(4-2-15)30-17-5-6-18(19(24)13-17)22(29)28-11-9-14(10-12-28)20-7-8-21(25)27-26-20;14-8-1-3-9(4-2-8)18-10-5-6-11(13(16)17)12(15)7-10;10-9-2-1-8(12-13-9)7-3-5-11-6-4-7;;/h1-8,13-14H,9-12H2,(H2,25,27);1-7H,(H,16,17);1-2,7,11H,3-6H2,(H2,10,13);2*1H. The molecule has 0 spiro atoms. The smallest absolute Gasteiger partial charge is 0.338 e. The molecule has 2 saturated heterocycles. The number of halogens is 6. The van der Waals surface area contributed by atoms with E-state index < -0.39 is 29.0 Å². The number of likely N-dealkylation sites (tertiary alicyclic amines) is 1. The molecule has 4 heterocycles. The number of amides is 1. The topological polar surface area (TPSA) is 192 Å². The van der Waals surface area contributed by atoms with Crippen LogP contribution < -0.4 is 26.3 Å². The van der Waals surface area contributed by atoms with Crippen molar-refractivity contribution < 1.29 is 41.7 Å². The molecule has 0 atom stereocenters. The fourth-order valence-corrected chi connectivity index (χ4v) is 6.55. The fourth-order valence-electron chi connectivity index (χ4n) is 6.55. The zero-order chi connectivity index (χ0) is 43.3. The van der Waals surface area contributed by atoms with E-state index in [1.807, 2.05) is 18.2 Å². The van der Waals surface area contributed by atoms with Gasteiger partial charge in [-0.1, -0.05) is 0 Å². The number of nitrogens with zero attached hydrogens (tertiary/aromatic N) is 5. The van der Waals surface area contributed by atoms with Crippen molar-refractivity contribution in [1.29, 1.82) is 0 Å². The number of carbonyl (C=O) groups is 2. The molecular weight excluding hydrogens is 867 g/mol. The SMILES string of the molecule is Cl.Cl.Nc1ccc(C2CCN(C(=O)c3ccc(Oc4ccc(F)cc4)cc3F)CC2)nn1.Nc1ccc(C2CCNCC2)nn1.O=C(O)c1ccc(Oc2ccc(F)cc2)cc1F. The molecule has 0 unspecified atom stereocenters. The Morgan fingerprint density at radius 3 is 1.38 bits per heavy atom. The van der Waals surface area contributed by atoms with Crippen LogP contribution in [0.5, 0.6) is 23.0 Å². The van der Waals surface area contributed by atoms with Crippen LogP contribution in [0.15, 0.2) is 109 Å². The lowest BCUT2D eigenvalue weighted by Crippen LogP contribution is -2.38. The number of hydrogen-bond acceptors (Lipinski definition) is 11. The molecule has 13 nitrogen and oxygen atoms in total. The molecular formula is C44H44Cl2F4N8O5. The minimum absolute atomic E-state index is 0. The van der Waals surface area contributed by atoms with Gasteiger partial charge in [0.2, 0.25) is 0 Å². The molecule has 2 aliphatic rings. The van der Waals surface area contributed by atoms with Crippen LogP contribution in [0.1, 0.15) is 69.6 Å². The van der Waals surface area contributed by atoms with E-state index >= 15 is 0 Å². The third-order valence-corrected chi connectivity index (χ3v) is 9.81. The highest BCUT2D eigenvalue weighted by molar-refractivity contribution is 5.94. The number of nitrogen functional groups attached to an aromatic ring is 2. The maximum atomic E-state index is 14.6. The third-order valence-electron chi connectivity index (χ3n) is 9.81. The highest BCUT2D eigenvalue weighted by atomic mass is 35.5. The van der Waals surface area contributed by atoms with Gasteiger partial charge in [-0.05, 0) is 136 Å². The molecule has 19 heteroatoms. The van der Waals surface area contributed by atoms with Crippen LogP contribution >= 0.6 is 24.8 Å². The molecule has 0 aliphatic carbocycles. The monoisotopic (exact) mass is 910 g/mol. The number of aromatic nitrogens is 4. The Kier molecular flexibility index (Phi) is 18.4. The van der Waals surface area contributed by atoms with Gasteiger partial charge in [0.15, 0.2) is 0 Å². The van der Waals surface area contributed by atoms with Crippen LogP contribution in [0.2, 0.25) is 0 Å². The van der Waals surface area contributed by atoms with Gasteiger partial charge < -0.3 is 36.3 Å². The van der Waals surface area contributed by atoms with Crippen molar-refractivity contribution in [2.24, 2.45) is 0 Å². The summed E-state index contributed by atoms with van der Waals surface area (Å²) in [5.41, 5.74) is 12.5. The second-order valence-corrected chi connectivity index (χ2v) is 14.1. The molecule has 332 valence electrons. The van der Waals surface area contributed by atoms with E-state index in [4.69, 9.17) is 26.0 Å². The lowest BCUT2D eigenvalue weighted by atomic mass is 9.93. The van der Waals surface area contributed by atoms with E-state index in [2.05, 4.69) is 25.7 Å². The first-order chi connectivity index (χ1) is 29.4. The van der Waals surface area contributed by atoms with Crippen LogP contribution in [0.4, 0.5) is 29.2 Å². The first-order valence-corrected chi connectivity index (χ1v) is 19.3. The van der Waals surface area contributed by atoms with Crippen LogP contribution in [-0.4, -0.2) is 68.5 Å². The first kappa shape index (κ1) is 49.1. The lowest BCUT2D eigenvalue weighted by Gasteiger charge is -2.31. The molecule has 0 saturated carbocycles. The number of carboxylic acid groups (broad SMARTS) is 1. The van der Waals surface area contributed by atoms with Crippen molar-refractivity contribution in [2.75, 3.05) is 37.6 Å². The summed E-state index contributed by atoms with van der Waals surface area (Å²) in [5.74, 6) is -1.34. The molecule has 2 aromatic heterocycles. The zero-order valence-electron chi connectivity index (χ0n) is 33.5. The number of ether oxygens (including phenoxy) is 2. The predicted molar refractivity (Wildman–Crippen MR) is 233 cm³/mol. The van der Waals surface area contributed by atoms with Gasteiger partial charge in [0, 0.05) is 37.1 Å². The zero-order valence-corrected chi connectivity index (χ0v) is 35.1. The number of carboxylic acids is 1. The summed E-state index contributed by atoms with van der Waals surface area (Å²) in [6.07, 6.45) is 3.74. The lowest BCUT2D eigenvalue weighted by molar-refractivity contribution is 0.0687. The normalized spacial score (nSPS) is 13.7. The number of rotatable bonds is 8. The maximum Gasteiger partial charge on any atom is 0.338 e. The molecule has 6 aromatic rings. The molecule has 2 fully saturated rings. The van der Waals surface area contributed by atoms with Gasteiger partial charge >= 0.3 is 5.97 Å². The average molecular weight is 912 g/mol. The molecule has 4 aromatic carbocycles. The summed E-state index contributed by atoms with van der Waals surface area (Å²) < 4.78 is 64.3. The molecule has 1 amide bonds. The van der Waals surface area contributed by atoms with Gasteiger partial charge in [0.25, 0.3) is 5.91 Å². The number of piperidine rings is 2. The minimum atomic E-state index is -1.35. The van der Waals surface area contributed by atoms with E-state index in [0.717, 1.165) is 68.4 Å². The second-order valence-electron chi connectivity index (χ2n) is 14.1. The summed E-state index contributed by atoms with van der Waals surface area (Å²) in [6, 6.07) is 25.5. The van der Waals surface area contributed by atoms with Crippen molar-refractivity contribution in [3.05, 3.63) is 155 Å². The van der Waals surface area contributed by atoms with E-state index in [-0.39, 0.29) is 59.5 Å². The van der Waals surface area contributed by atoms with Crippen LogP contribution in [0.3, 0.4) is 0 Å². The minimum Gasteiger partial charge on any atom is -0.478 e. The highest BCUT2D eigenvalue weighted by Gasteiger charge is 2.27. The van der Waals surface area contributed by atoms with Gasteiger partial charge in [-0.25, -0.2) is 22.4 Å². The quantitative estimate of drug-likeness (QED) is 0.106. The van der Waals surface area contributed by atoms with Crippen LogP contribution in [-0.2, 0) is 0 Å². The highest BCUT2D eigenvalue weighted by Crippen LogP contribution is 2.30. The molecule has 6 N–H and O–H groups in total. The number of benzene rings is 4. The number of aromatic carboxylic acids is 1. The van der Waals surface area contributed by atoms with E-state index in [0.29, 0.717) is 42.1 Å². The average Bonchev–Trinajstić information content (AvgIpc) is 3.26. The van der Waals surface area contributed by atoms with Crippen LogP contribution in [0.25, 0.3) is 0 Å². The Morgan fingerprint density at radius 2 is 0.984 bits per heavy atom. The predicted octanol–water partition coefficient (Wildman–Crippen LogP) is 8.97. The summed E-state index contributed by atoms with van der Waals surface area (Å²) in [5, 5.41) is 27.9. The van der Waals surface area contributed by atoms with Gasteiger partial charge in [0.1, 0.15) is 57.9 Å². The van der Waals surface area contributed by atoms with Crippen molar-refractivity contribution in [2.45, 2.75) is 37.5 Å². The number of hydrogen-bond donors (Lipinski definition) is 4. The molecule has 0 radical (unpaired) electrons. The van der Waals surface area contributed by atoms with Crippen molar-refractivity contribution in [3.8, 4) is 23.0 Å². The van der Waals surface area contributed by atoms with Gasteiger partial charge in [-0.15, -0.1) is 35.0 Å². The van der Waals surface area contributed by atoms with Crippen molar-refractivity contribution in [3.63, 3.8) is 0 Å². The van der Waals surface area contributed by atoms with Crippen molar-refractivity contribution >= 4 is 48.3 Å². The summed E-state index contributed by atoms with van der Waals surface area (Å²) >= 11 is 0. The Balaban J connectivity index is 0.000000225. The van der Waals surface area contributed by atoms with Crippen molar-refractivity contribution in [1.82, 2.24) is 30.6 Å². The van der Waals surface area contributed by atoms with E-state index in [1.54, 1.807) is 11.0 Å². The van der Waals surface area contributed by atoms with E-state index in [9.17, 15) is 27.2 Å². The Morgan fingerprint density at radius 1 is 0.571 bits per heavy atom. The Hall–Kier alpha value is -6.56. The van der Waals surface area contributed by atoms with Gasteiger partial charge in [-0.3, -0.25) is 4.79 Å². The Bertz CT molecular complexity index is 2390. The number of nitrogens with one attached hydrogen (secondary N) is 1. The summed E-state index contributed by atoms with van der Waals surface area (Å²) in [4.78, 5) is 25.0. The van der Waals surface area contributed by atoms with E-state index in [1.165, 1.54) is 66.7 Å². The van der Waals surface area contributed by atoms with Gasteiger partial charge in [-0.2, -0.15) is 10.2 Å². The molecule has 63 heavy (non-hydrogen) atoms. The molecule has 8 rings (SSSR count). The first-order valence-electron chi connectivity index (χ1n) is 19.3. The molecule has 0 bridgehead atoms.